The van der Waals surface area contributed by atoms with Crippen molar-refractivity contribution in [2.45, 2.75) is 83.3 Å². The molecule has 27 heavy (non-hydrogen) atoms. The Hall–Kier alpha value is -1.56. The van der Waals surface area contributed by atoms with E-state index in [0.717, 1.165) is 25.4 Å². The highest BCUT2D eigenvalue weighted by molar-refractivity contribution is 5.84. The highest BCUT2D eigenvalue weighted by Crippen LogP contribution is 2.34. The maximum Gasteiger partial charge on any atom is 0.254 e. The molecule has 1 aromatic rings. The Bertz CT molecular complexity index is 659. The monoisotopic (exact) mass is 375 g/mol. The van der Waals surface area contributed by atoms with Crippen molar-refractivity contribution < 1.29 is 14.1 Å². The second-order valence-corrected chi connectivity index (χ2v) is 8.89. The van der Waals surface area contributed by atoms with Crippen LogP contribution in [0.25, 0.3) is 0 Å². The third kappa shape index (κ3) is 3.73. The molecule has 4 unspecified atom stereocenters. The number of fused-ring (bicyclic) bond motifs is 1. The van der Waals surface area contributed by atoms with E-state index in [9.17, 15) is 4.79 Å². The van der Waals surface area contributed by atoms with E-state index in [1.807, 2.05) is 11.0 Å². The zero-order valence-electron chi connectivity index (χ0n) is 16.9. The van der Waals surface area contributed by atoms with Crippen molar-refractivity contribution in [2.75, 3.05) is 19.7 Å². The number of carbonyl (C=O) groups is 1. The van der Waals surface area contributed by atoms with Gasteiger partial charge in [-0.15, -0.1) is 0 Å². The molecular weight excluding hydrogens is 342 g/mol. The summed E-state index contributed by atoms with van der Waals surface area (Å²) in [5.41, 5.74) is 0. The fourth-order valence-corrected chi connectivity index (χ4v) is 5.22. The summed E-state index contributed by atoms with van der Waals surface area (Å²) < 4.78 is 11.5. The highest BCUT2D eigenvalue weighted by atomic mass is 16.5. The van der Waals surface area contributed by atoms with Crippen LogP contribution in [0.5, 0.6) is 5.88 Å². The topological polar surface area (TPSA) is 58.8 Å². The quantitative estimate of drug-likeness (QED) is 0.762. The van der Waals surface area contributed by atoms with Gasteiger partial charge in [-0.05, 0) is 63.1 Å². The predicted molar refractivity (Wildman–Crippen MR) is 103 cm³/mol. The molecule has 4 heterocycles. The van der Waals surface area contributed by atoms with Crippen LogP contribution in [-0.2, 0) is 4.79 Å². The molecule has 1 amide bonds. The molecular formula is C21H33N3O3. The van der Waals surface area contributed by atoms with Crippen LogP contribution in [0, 0.1) is 5.92 Å². The maximum atomic E-state index is 13.1. The summed E-state index contributed by atoms with van der Waals surface area (Å²) in [6.45, 7) is 8.97. The Labute approximate surface area is 162 Å². The van der Waals surface area contributed by atoms with E-state index in [2.05, 4.69) is 30.8 Å². The van der Waals surface area contributed by atoms with Crippen LogP contribution < -0.4 is 4.74 Å². The normalized spacial score (nSPS) is 29.5. The van der Waals surface area contributed by atoms with Crippen molar-refractivity contribution in [3.63, 3.8) is 0 Å². The Morgan fingerprint density at radius 3 is 2.81 bits per heavy atom. The number of rotatable bonds is 6. The van der Waals surface area contributed by atoms with Gasteiger partial charge in [-0.3, -0.25) is 9.69 Å². The first kappa shape index (κ1) is 18.8. The number of ether oxygens (including phenoxy) is 1. The first-order chi connectivity index (χ1) is 13.0. The largest absolute Gasteiger partial charge is 0.474 e. The Morgan fingerprint density at radius 1 is 1.26 bits per heavy atom. The van der Waals surface area contributed by atoms with E-state index in [-0.39, 0.29) is 17.7 Å². The number of nitrogens with zero attached hydrogens (tertiary/aromatic N) is 3. The molecule has 3 aliphatic heterocycles. The molecule has 150 valence electrons. The van der Waals surface area contributed by atoms with Gasteiger partial charge in [-0.25, -0.2) is 0 Å². The van der Waals surface area contributed by atoms with Crippen LogP contribution in [0.15, 0.2) is 10.6 Å². The molecule has 1 aromatic heterocycles. The third-order valence-electron chi connectivity index (χ3n) is 6.73. The van der Waals surface area contributed by atoms with Crippen LogP contribution in [0.3, 0.4) is 0 Å². The van der Waals surface area contributed by atoms with Crippen LogP contribution in [-0.4, -0.2) is 58.7 Å². The molecule has 3 saturated heterocycles. The smallest absolute Gasteiger partial charge is 0.254 e. The summed E-state index contributed by atoms with van der Waals surface area (Å²) >= 11 is 0. The summed E-state index contributed by atoms with van der Waals surface area (Å²) in [4.78, 5) is 17.7. The summed E-state index contributed by atoms with van der Waals surface area (Å²) in [6, 6.07) is 3.40. The molecule has 6 nitrogen and oxygen atoms in total. The van der Waals surface area contributed by atoms with Gasteiger partial charge in [0.2, 0.25) is 5.91 Å². The number of hydrogen-bond donors (Lipinski definition) is 0. The standard InChI is InChI=1S/C21H33N3O3/c1-14(2)20(21(25)23-10-4-6-15(23)3)18-12-19(22-27-18)26-13-17-9-8-16-7-5-11-24(16)17/h12,14-17,20H,4-11,13H2,1-3H3. The van der Waals surface area contributed by atoms with Crippen LogP contribution in [0.4, 0.5) is 0 Å². The molecule has 0 aromatic carbocycles. The fraction of sp³-hybridized carbons (Fsp3) is 0.810. The molecule has 3 aliphatic rings. The summed E-state index contributed by atoms with van der Waals surface area (Å²) in [6.07, 6.45) is 7.30. The zero-order valence-corrected chi connectivity index (χ0v) is 16.9. The van der Waals surface area contributed by atoms with Crippen molar-refractivity contribution in [3.05, 3.63) is 11.8 Å². The minimum Gasteiger partial charge on any atom is -0.474 e. The lowest BCUT2D eigenvalue weighted by Crippen LogP contribution is -2.38. The lowest BCUT2D eigenvalue weighted by molar-refractivity contribution is -0.134. The lowest BCUT2D eigenvalue weighted by atomic mass is 9.91. The Balaban J connectivity index is 1.40. The van der Waals surface area contributed by atoms with Crippen molar-refractivity contribution >= 4 is 5.91 Å². The van der Waals surface area contributed by atoms with Crippen molar-refractivity contribution in [1.82, 2.24) is 15.0 Å². The van der Waals surface area contributed by atoms with Gasteiger partial charge < -0.3 is 14.2 Å². The van der Waals surface area contributed by atoms with Crippen LogP contribution >= 0.6 is 0 Å². The van der Waals surface area contributed by atoms with Crippen LogP contribution in [0.1, 0.15) is 71.0 Å². The first-order valence-electron chi connectivity index (χ1n) is 10.7. The maximum absolute atomic E-state index is 13.1. The molecule has 4 atom stereocenters. The van der Waals surface area contributed by atoms with E-state index < -0.39 is 0 Å². The molecule has 3 fully saturated rings. The average Bonchev–Trinajstić information content (AvgIpc) is 3.38. The van der Waals surface area contributed by atoms with Gasteiger partial charge in [0.15, 0.2) is 5.76 Å². The minimum absolute atomic E-state index is 0.159. The van der Waals surface area contributed by atoms with E-state index in [1.165, 1.54) is 32.2 Å². The van der Waals surface area contributed by atoms with E-state index in [1.54, 1.807) is 0 Å². The van der Waals surface area contributed by atoms with E-state index in [0.29, 0.717) is 30.3 Å². The summed E-state index contributed by atoms with van der Waals surface area (Å²) in [5.74, 6) is 1.18. The van der Waals surface area contributed by atoms with E-state index >= 15 is 0 Å². The molecule has 6 heteroatoms. The number of amides is 1. The van der Waals surface area contributed by atoms with E-state index in [4.69, 9.17) is 9.26 Å². The molecule has 0 bridgehead atoms. The second kappa shape index (κ2) is 7.82. The summed E-state index contributed by atoms with van der Waals surface area (Å²) in [7, 11) is 0. The average molecular weight is 376 g/mol. The predicted octanol–water partition coefficient (Wildman–Crippen LogP) is 3.43. The van der Waals surface area contributed by atoms with Crippen molar-refractivity contribution in [1.29, 1.82) is 0 Å². The van der Waals surface area contributed by atoms with Gasteiger partial charge in [-0.1, -0.05) is 13.8 Å². The number of likely N-dealkylation sites (tertiary alicyclic amines) is 1. The SMILES string of the molecule is CC(C)C(C(=O)N1CCCC1C)c1cc(OCC2CCC3CCCN32)no1. The summed E-state index contributed by atoms with van der Waals surface area (Å²) in [5, 5.41) is 4.11. The fourth-order valence-electron chi connectivity index (χ4n) is 5.22. The third-order valence-corrected chi connectivity index (χ3v) is 6.73. The zero-order chi connectivity index (χ0) is 19.0. The Morgan fingerprint density at radius 2 is 2.07 bits per heavy atom. The van der Waals surface area contributed by atoms with Gasteiger partial charge in [0.25, 0.3) is 5.88 Å². The van der Waals surface area contributed by atoms with Gasteiger partial charge in [-0.2, -0.15) is 0 Å². The molecule has 0 N–H and O–H groups in total. The number of carbonyl (C=O) groups excluding carboxylic acids is 1. The van der Waals surface area contributed by atoms with Gasteiger partial charge in [0.05, 0.1) is 0 Å². The lowest BCUT2D eigenvalue weighted by Gasteiger charge is -2.27. The van der Waals surface area contributed by atoms with Crippen LogP contribution in [0.2, 0.25) is 0 Å². The molecule has 0 spiro atoms. The second-order valence-electron chi connectivity index (χ2n) is 8.89. The van der Waals surface area contributed by atoms with Crippen molar-refractivity contribution in [2.24, 2.45) is 5.92 Å². The minimum atomic E-state index is -0.287. The van der Waals surface area contributed by atoms with Crippen molar-refractivity contribution in [3.8, 4) is 5.88 Å². The van der Waals surface area contributed by atoms with Gasteiger partial charge in [0.1, 0.15) is 12.5 Å². The number of aromatic nitrogens is 1. The first-order valence-corrected chi connectivity index (χ1v) is 10.7. The Kier molecular flexibility index (Phi) is 5.44. The molecule has 0 radical (unpaired) electrons. The molecule has 0 saturated carbocycles. The number of hydrogen-bond acceptors (Lipinski definition) is 5. The van der Waals surface area contributed by atoms with Gasteiger partial charge >= 0.3 is 0 Å². The molecule has 4 rings (SSSR count). The highest BCUT2D eigenvalue weighted by Gasteiger charge is 2.38. The van der Waals surface area contributed by atoms with Gasteiger partial charge in [0, 0.05) is 30.7 Å². The molecule has 0 aliphatic carbocycles.